The highest BCUT2D eigenvalue weighted by atomic mass is 16.6. The monoisotopic (exact) mass is 562 g/mol. The summed E-state index contributed by atoms with van der Waals surface area (Å²) in [5.74, 6) is 2.06. The Bertz CT molecular complexity index is 1300. The van der Waals surface area contributed by atoms with E-state index in [0.717, 1.165) is 61.7 Å². The minimum absolute atomic E-state index is 0.0868. The van der Waals surface area contributed by atoms with Crippen molar-refractivity contribution in [1.29, 1.82) is 0 Å². The molecule has 1 amide bonds. The highest BCUT2D eigenvalue weighted by Crippen LogP contribution is 2.31. The van der Waals surface area contributed by atoms with E-state index < -0.39 is 5.60 Å². The van der Waals surface area contributed by atoms with Gasteiger partial charge in [0.05, 0.1) is 37.3 Å². The lowest BCUT2D eigenvalue weighted by Crippen LogP contribution is -2.53. The van der Waals surface area contributed by atoms with Gasteiger partial charge in [-0.25, -0.2) is 9.48 Å². The molecule has 11 nitrogen and oxygen atoms in total. The zero-order valence-electron chi connectivity index (χ0n) is 24.9. The summed E-state index contributed by atoms with van der Waals surface area (Å²) in [6.45, 7) is 10.2. The van der Waals surface area contributed by atoms with E-state index in [-0.39, 0.29) is 18.2 Å². The minimum Gasteiger partial charge on any atom is -0.495 e. The lowest BCUT2D eigenvalue weighted by Gasteiger charge is -2.42. The van der Waals surface area contributed by atoms with Crippen molar-refractivity contribution in [3.05, 3.63) is 42.5 Å². The molecule has 1 aliphatic carbocycles. The molecule has 1 saturated carbocycles. The summed E-state index contributed by atoms with van der Waals surface area (Å²) in [5, 5.41) is 18.0. The van der Waals surface area contributed by atoms with Crippen molar-refractivity contribution in [2.75, 3.05) is 31.6 Å². The number of methoxy groups -OCH3 is 1. The van der Waals surface area contributed by atoms with E-state index >= 15 is 0 Å². The van der Waals surface area contributed by atoms with Gasteiger partial charge in [0, 0.05) is 31.4 Å². The zero-order valence-corrected chi connectivity index (χ0v) is 24.9. The van der Waals surface area contributed by atoms with E-state index in [1.54, 1.807) is 19.5 Å². The Hall–Kier alpha value is -3.76. The number of hydrogen-bond donors (Lipinski definition) is 0. The van der Waals surface area contributed by atoms with Gasteiger partial charge in [0.15, 0.2) is 5.82 Å². The molecule has 2 aliphatic rings. The molecule has 2 atom stereocenters. The Morgan fingerprint density at radius 1 is 1.12 bits per heavy atom. The number of nitrogens with zero attached hydrogens (tertiary/aromatic N) is 8. The van der Waals surface area contributed by atoms with Gasteiger partial charge < -0.3 is 19.3 Å². The average Bonchev–Trinajstić information content (AvgIpc) is 3.42. The van der Waals surface area contributed by atoms with Gasteiger partial charge in [-0.1, -0.05) is 18.6 Å². The Balaban J connectivity index is 1.28. The number of amides is 1. The van der Waals surface area contributed by atoms with Gasteiger partial charge in [0.2, 0.25) is 0 Å². The van der Waals surface area contributed by atoms with Crippen molar-refractivity contribution in [1.82, 2.24) is 35.1 Å². The van der Waals surface area contributed by atoms with Crippen molar-refractivity contribution in [2.45, 2.75) is 83.9 Å². The average molecular weight is 563 g/mol. The van der Waals surface area contributed by atoms with Crippen LogP contribution in [0.2, 0.25) is 0 Å². The normalized spacial score (nSPS) is 18.5. The summed E-state index contributed by atoms with van der Waals surface area (Å²) in [5.41, 5.74) is 1.86. The maximum absolute atomic E-state index is 13.2. The molecule has 0 aromatic carbocycles. The quantitative estimate of drug-likeness (QED) is 0.350. The number of anilines is 1. The van der Waals surface area contributed by atoms with Crippen molar-refractivity contribution >= 4 is 11.9 Å². The molecule has 1 aliphatic heterocycles. The van der Waals surface area contributed by atoms with E-state index in [1.165, 1.54) is 19.3 Å². The van der Waals surface area contributed by atoms with Crippen LogP contribution in [0.25, 0.3) is 11.3 Å². The lowest BCUT2D eigenvalue weighted by atomic mass is 9.84. The standard InChI is InChI=1S/C30H42N8O3/c1-6-27(38-20-26(33-35-38)22-15-24(40-5)17-31-16-22)25-12-13-28(34-32-25)36-14-8-11-23(19-36)37(18-21-9-7-10-21)29(39)41-30(2,3)4/h12-13,15-17,20-21,23,27H,6-11,14,18-19H2,1-5H3/t23-,27?/m1/s1. The SMILES string of the molecule is CCC(c1ccc(N2CCC[C@@H](N(CC3CCC3)C(=O)OC(C)(C)C)C2)nn1)n1cc(-c2cncc(OC)c2)nn1. The van der Waals surface area contributed by atoms with Gasteiger partial charge in [0.25, 0.3) is 0 Å². The fourth-order valence-electron chi connectivity index (χ4n) is 5.51. The summed E-state index contributed by atoms with van der Waals surface area (Å²) in [6.07, 6.45) is 11.4. The lowest BCUT2D eigenvalue weighted by molar-refractivity contribution is 0.00733. The molecule has 220 valence electrons. The first-order chi connectivity index (χ1) is 19.7. The molecule has 41 heavy (non-hydrogen) atoms. The number of carbonyl (C=O) groups excluding carboxylic acids is 1. The van der Waals surface area contributed by atoms with Crippen LogP contribution in [-0.4, -0.2) is 79.6 Å². The Kier molecular flexibility index (Phi) is 8.70. The second kappa shape index (κ2) is 12.4. The third-order valence-corrected chi connectivity index (χ3v) is 7.94. The fourth-order valence-corrected chi connectivity index (χ4v) is 5.51. The van der Waals surface area contributed by atoms with Crippen LogP contribution in [0.5, 0.6) is 5.75 Å². The first-order valence-electron chi connectivity index (χ1n) is 14.7. The summed E-state index contributed by atoms with van der Waals surface area (Å²) in [7, 11) is 1.61. The number of carbonyl (C=O) groups is 1. The Morgan fingerprint density at radius 3 is 2.61 bits per heavy atom. The largest absolute Gasteiger partial charge is 0.495 e. The molecule has 0 spiro atoms. The third-order valence-electron chi connectivity index (χ3n) is 7.94. The summed E-state index contributed by atoms with van der Waals surface area (Å²) in [6, 6.07) is 5.92. The summed E-state index contributed by atoms with van der Waals surface area (Å²) in [4.78, 5) is 21.7. The number of rotatable bonds is 9. The molecule has 3 aromatic rings. The van der Waals surface area contributed by atoms with E-state index in [9.17, 15) is 4.79 Å². The maximum atomic E-state index is 13.2. The molecule has 5 rings (SSSR count). The summed E-state index contributed by atoms with van der Waals surface area (Å²) < 4.78 is 12.9. The topological polar surface area (TPSA) is 111 Å². The Labute approximate surface area is 242 Å². The van der Waals surface area contributed by atoms with Crippen LogP contribution in [0.15, 0.2) is 36.8 Å². The third kappa shape index (κ3) is 6.94. The van der Waals surface area contributed by atoms with Crippen molar-refractivity contribution < 1.29 is 14.3 Å². The molecule has 4 heterocycles. The van der Waals surface area contributed by atoms with E-state index in [4.69, 9.17) is 9.47 Å². The molecule has 1 unspecified atom stereocenters. The van der Waals surface area contributed by atoms with Crippen LogP contribution >= 0.6 is 0 Å². The van der Waals surface area contributed by atoms with Gasteiger partial charge in [-0.05, 0) is 77.0 Å². The smallest absolute Gasteiger partial charge is 0.410 e. The van der Waals surface area contributed by atoms with Crippen LogP contribution in [0.1, 0.15) is 78.0 Å². The van der Waals surface area contributed by atoms with E-state index in [0.29, 0.717) is 11.7 Å². The van der Waals surface area contributed by atoms with Gasteiger partial charge in [-0.15, -0.1) is 10.2 Å². The zero-order chi connectivity index (χ0) is 29.0. The predicted octanol–water partition coefficient (Wildman–Crippen LogP) is 5.14. The van der Waals surface area contributed by atoms with Gasteiger partial charge >= 0.3 is 6.09 Å². The number of pyridine rings is 1. The first-order valence-corrected chi connectivity index (χ1v) is 14.7. The summed E-state index contributed by atoms with van der Waals surface area (Å²) >= 11 is 0. The highest BCUT2D eigenvalue weighted by Gasteiger charge is 2.35. The second-order valence-corrected chi connectivity index (χ2v) is 12.1. The molecular formula is C30H42N8O3. The van der Waals surface area contributed by atoms with Crippen molar-refractivity contribution in [3.8, 4) is 17.0 Å². The van der Waals surface area contributed by atoms with Crippen LogP contribution in [-0.2, 0) is 4.74 Å². The Morgan fingerprint density at radius 2 is 1.95 bits per heavy atom. The molecule has 1 saturated heterocycles. The minimum atomic E-state index is -0.518. The van der Waals surface area contributed by atoms with Crippen LogP contribution in [0.4, 0.5) is 10.6 Å². The molecule has 11 heteroatoms. The number of piperidine rings is 1. The van der Waals surface area contributed by atoms with Crippen molar-refractivity contribution in [3.63, 3.8) is 0 Å². The number of aromatic nitrogens is 6. The van der Waals surface area contributed by atoms with Crippen LogP contribution < -0.4 is 9.64 Å². The van der Waals surface area contributed by atoms with E-state index in [2.05, 4.69) is 37.3 Å². The first kappa shape index (κ1) is 28.8. The molecular weight excluding hydrogens is 520 g/mol. The number of ether oxygens (including phenoxy) is 2. The fraction of sp³-hybridized carbons (Fsp3) is 0.600. The molecule has 0 N–H and O–H groups in total. The highest BCUT2D eigenvalue weighted by molar-refractivity contribution is 5.69. The van der Waals surface area contributed by atoms with Gasteiger partial charge in [-0.2, -0.15) is 5.10 Å². The van der Waals surface area contributed by atoms with Crippen LogP contribution in [0, 0.1) is 5.92 Å². The van der Waals surface area contributed by atoms with Crippen molar-refractivity contribution in [2.24, 2.45) is 5.92 Å². The maximum Gasteiger partial charge on any atom is 0.410 e. The van der Waals surface area contributed by atoms with Crippen LogP contribution in [0.3, 0.4) is 0 Å². The predicted molar refractivity (Wildman–Crippen MR) is 156 cm³/mol. The van der Waals surface area contributed by atoms with E-state index in [1.807, 2.05) is 54.7 Å². The molecule has 0 radical (unpaired) electrons. The van der Waals surface area contributed by atoms with Gasteiger partial charge in [-0.3, -0.25) is 4.98 Å². The number of hydrogen-bond acceptors (Lipinski definition) is 9. The molecule has 3 aromatic heterocycles. The van der Waals surface area contributed by atoms with Gasteiger partial charge in [0.1, 0.15) is 17.0 Å². The second-order valence-electron chi connectivity index (χ2n) is 12.1. The molecule has 2 fully saturated rings. The molecule has 0 bridgehead atoms.